The zero-order valence-electron chi connectivity index (χ0n) is 13.2. The smallest absolute Gasteiger partial charge is 0.140 e. The maximum atomic E-state index is 5.85. The Kier molecular flexibility index (Phi) is 3.36. The number of benzene rings is 2. The van der Waals surface area contributed by atoms with Crippen molar-refractivity contribution < 1.29 is 0 Å². The molecule has 0 aliphatic rings. The van der Waals surface area contributed by atoms with E-state index < -0.39 is 0 Å². The minimum absolute atomic E-state index is 0.613. The van der Waals surface area contributed by atoms with Gasteiger partial charge in [-0.2, -0.15) is 0 Å². The number of rotatable bonds is 3. The average Bonchev–Trinajstić information content (AvgIpc) is 2.95. The molecule has 0 amide bonds. The van der Waals surface area contributed by atoms with Gasteiger partial charge in [0, 0.05) is 18.2 Å². The summed E-state index contributed by atoms with van der Waals surface area (Å²) < 4.78 is 2.17. The highest BCUT2D eigenvalue weighted by Crippen LogP contribution is 2.28. The van der Waals surface area contributed by atoms with E-state index in [0.717, 1.165) is 23.3 Å². The molecule has 0 atom stereocenters. The van der Waals surface area contributed by atoms with Gasteiger partial charge < -0.3 is 10.1 Å². The van der Waals surface area contributed by atoms with Gasteiger partial charge in [0.25, 0.3) is 0 Å². The molecule has 4 aromatic rings. The lowest BCUT2D eigenvalue weighted by molar-refractivity contribution is 0.906. The third kappa shape index (κ3) is 2.30. The Labute approximate surface area is 135 Å². The number of aryl methyl sites for hydroxylation is 1. The molecule has 3 nitrogen and oxygen atoms in total. The molecule has 0 aliphatic carbocycles. The summed E-state index contributed by atoms with van der Waals surface area (Å²) in [7, 11) is 0. The van der Waals surface area contributed by atoms with Crippen molar-refractivity contribution in [2.45, 2.75) is 13.3 Å². The van der Waals surface area contributed by atoms with Crippen LogP contribution in [0, 0.1) is 6.92 Å². The Morgan fingerprint density at radius 1 is 1.00 bits per heavy atom. The van der Waals surface area contributed by atoms with Gasteiger partial charge in [-0.15, -0.1) is 0 Å². The van der Waals surface area contributed by atoms with Crippen molar-refractivity contribution in [3.63, 3.8) is 0 Å². The highest BCUT2D eigenvalue weighted by molar-refractivity contribution is 5.87. The van der Waals surface area contributed by atoms with E-state index in [1.165, 1.54) is 22.0 Å². The van der Waals surface area contributed by atoms with Crippen molar-refractivity contribution in [1.29, 1.82) is 0 Å². The molecule has 0 radical (unpaired) electrons. The first-order valence-corrected chi connectivity index (χ1v) is 7.94. The standard InChI is InChI=1S/C20H19N3/c1-14-5-4-12-23-18(10-11-21)19(22-20(14)23)17-9-8-15-6-2-3-7-16(15)13-17/h2-9,12-13H,10-11,21H2,1H3. The first-order valence-electron chi connectivity index (χ1n) is 7.94. The van der Waals surface area contributed by atoms with Crippen molar-refractivity contribution in [2.75, 3.05) is 6.54 Å². The van der Waals surface area contributed by atoms with E-state index in [1.807, 2.05) is 0 Å². The Morgan fingerprint density at radius 3 is 2.65 bits per heavy atom. The molecule has 114 valence electrons. The molecule has 2 N–H and O–H groups in total. The van der Waals surface area contributed by atoms with Crippen molar-refractivity contribution in [3.8, 4) is 11.3 Å². The minimum Gasteiger partial charge on any atom is -0.330 e. The second-order valence-electron chi connectivity index (χ2n) is 5.89. The lowest BCUT2D eigenvalue weighted by atomic mass is 10.0. The lowest BCUT2D eigenvalue weighted by Gasteiger charge is -2.05. The predicted molar refractivity (Wildman–Crippen MR) is 95.6 cm³/mol. The van der Waals surface area contributed by atoms with E-state index in [0.29, 0.717) is 6.54 Å². The molecule has 0 saturated carbocycles. The van der Waals surface area contributed by atoms with Gasteiger partial charge in [-0.05, 0) is 41.9 Å². The minimum atomic E-state index is 0.613. The molecule has 0 aliphatic heterocycles. The van der Waals surface area contributed by atoms with E-state index >= 15 is 0 Å². The van der Waals surface area contributed by atoms with Crippen LogP contribution >= 0.6 is 0 Å². The number of nitrogens with two attached hydrogens (primary N) is 1. The summed E-state index contributed by atoms with van der Waals surface area (Å²) in [4.78, 5) is 4.92. The fourth-order valence-corrected chi connectivity index (χ4v) is 3.20. The molecule has 0 bridgehead atoms. The third-order valence-corrected chi connectivity index (χ3v) is 4.35. The first-order chi connectivity index (χ1) is 11.3. The quantitative estimate of drug-likeness (QED) is 0.622. The summed E-state index contributed by atoms with van der Waals surface area (Å²) in [5.74, 6) is 0. The molecule has 0 unspecified atom stereocenters. The number of hydrogen-bond acceptors (Lipinski definition) is 2. The Bertz CT molecular complexity index is 998. The second-order valence-corrected chi connectivity index (χ2v) is 5.89. The summed E-state index contributed by atoms with van der Waals surface area (Å²) in [6, 6.07) is 19.1. The molecule has 2 aromatic heterocycles. The van der Waals surface area contributed by atoms with Gasteiger partial charge in [-0.1, -0.05) is 42.5 Å². The van der Waals surface area contributed by atoms with E-state index in [4.69, 9.17) is 10.7 Å². The predicted octanol–water partition coefficient (Wildman–Crippen LogP) is 3.96. The zero-order valence-corrected chi connectivity index (χ0v) is 13.2. The van der Waals surface area contributed by atoms with Gasteiger partial charge in [0.15, 0.2) is 0 Å². The van der Waals surface area contributed by atoms with Crippen LogP contribution in [0.4, 0.5) is 0 Å². The van der Waals surface area contributed by atoms with E-state index in [2.05, 4.69) is 72.1 Å². The molecule has 0 saturated heterocycles. The lowest BCUT2D eigenvalue weighted by Crippen LogP contribution is -2.06. The Morgan fingerprint density at radius 2 is 1.83 bits per heavy atom. The summed E-state index contributed by atoms with van der Waals surface area (Å²) in [5.41, 5.74) is 11.4. The van der Waals surface area contributed by atoms with Crippen molar-refractivity contribution in [2.24, 2.45) is 5.73 Å². The van der Waals surface area contributed by atoms with Crippen molar-refractivity contribution in [3.05, 3.63) is 72.1 Å². The zero-order chi connectivity index (χ0) is 15.8. The Hall–Kier alpha value is -2.65. The Balaban J connectivity index is 1.99. The van der Waals surface area contributed by atoms with Gasteiger partial charge in [-0.3, -0.25) is 0 Å². The molecule has 23 heavy (non-hydrogen) atoms. The number of pyridine rings is 1. The van der Waals surface area contributed by atoms with Crippen LogP contribution in [0.1, 0.15) is 11.3 Å². The molecule has 0 spiro atoms. The maximum Gasteiger partial charge on any atom is 0.140 e. The van der Waals surface area contributed by atoms with Gasteiger partial charge in [0.1, 0.15) is 5.65 Å². The first kappa shape index (κ1) is 14.0. The maximum absolute atomic E-state index is 5.85. The van der Waals surface area contributed by atoms with Gasteiger partial charge >= 0.3 is 0 Å². The molecule has 0 fully saturated rings. The van der Waals surface area contributed by atoms with Crippen LogP contribution in [0.5, 0.6) is 0 Å². The highest BCUT2D eigenvalue weighted by atomic mass is 15.0. The molecule has 3 heteroatoms. The largest absolute Gasteiger partial charge is 0.330 e. The summed E-state index contributed by atoms with van der Waals surface area (Å²) in [5, 5.41) is 2.48. The molecule has 2 aromatic carbocycles. The number of aromatic nitrogens is 2. The van der Waals surface area contributed by atoms with E-state index in [-0.39, 0.29) is 0 Å². The van der Waals surface area contributed by atoms with Crippen LogP contribution in [0.2, 0.25) is 0 Å². The number of fused-ring (bicyclic) bond motifs is 2. The van der Waals surface area contributed by atoms with Crippen LogP contribution in [0.3, 0.4) is 0 Å². The van der Waals surface area contributed by atoms with Gasteiger partial charge in [0.2, 0.25) is 0 Å². The van der Waals surface area contributed by atoms with Crippen molar-refractivity contribution >= 4 is 16.4 Å². The van der Waals surface area contributed by atoms with Gasteiger partial charge in [-0.25, -0.2) is 4.98 Å². The SMILES string of the molecule is Cc1cccn2c(CCN)c(-c3ccc4ccccc4c3)nc12. The average molecular weight is 301 g/mol. The van der Waals surface area contributed by atoms with Crippen LogP contribution in [0.25, 0.3) is 27.7 Å². The fraction of sp³-hybridized carbons (Fsp3) is 0.150. The molecule has 2 heterocycles. The number of imidazole rings is 1. The fourth-order valence-electron chi connectivity index (χ4n) is 3.20. The van der Waals surface area contributed by atoms with E-state index in [9.17, 15) is 0 Å². The molecule has 4 rings (SSSR count). The van der Waals surface area contributed by atoms with Crippen LogP contribution in [0.15, 0.2) is 60.8 Å². The topological polar surface area (TPSA) is 43.3 Å². The van der Waals surface area contributed by atoms with Crippen LogP contribution < -0.4 is 5.73 Å². The number of nitrogens with zero attached hydrogens (tertiary/aromatic N) is 2. The molecular formula is C20H19N3. The number of hydrogen-bond donors (Lipinski definition) is 1. The molecular weight excluding hydrogens is 282 g/mol. The summed E-state index contributed by atoms with van der Waals surface area (Å²) in [6.45, 7) is 2.71. The van der Waals surface area contributed by atoms with Crippen molar-refractivity contribution in [1.82, 2.24) is 9.38 Å². The van der Waals surface area contributed by atoms with E-state index in [1.54, 1.807) is 0 Å². The second kappa shape index (κ2) is 5.52. The monoisotopic (exact) mass is 301 g/mol. The van der Waals surface area contributed by atoms with Crippen LogP contribution in [-0.2, 0) is 6.42 Å². The van der Waals surface area contributed by atoms with Gasteiger partial charge in [0.05, 0.1) is 11.4 Å². The summed E-state index contributed by atoms with van der Waals surface area (Å²) in [6.07, 6.45) is 2.89. The van der Waals surface area contributed by atoms with Crippen LogP contribution in [-0.4, -0.2) is 15.9 Å². The summed E-state index contributed by atoms with van der Waals surface area (Å²) >= 11 is 0. The third-order valence-electron chi connectivity index (χ3n) is 4.35. The highest BCUT2D eigenvalue weighted by Gasteiger charge is 2.14. The normalized spacial score (nSPS) is 11.4.